The summed E-state index contributed by atoms with van der Waals surface area (Å²) in [7, 11) is 1.64. The molecular weight excluding hydrogens is 262 g/mol. The number of ether oxygens (including phenoxy) is 2. The van der Waals surface area contributed by atoms with Gasteiger partial charge >= 0.3 is 0 Å². The maximum absolute atomic E-state index is 5.27. The van der Waals surface area contributed by atoms with Crippen molar-refractivity contribution in [1.82, 2.24) is 10.3 Å². The van der Waals surface area contributed by atoms with Crippen molar-refractivity contribution in [3.8, 4) is 5.75 Å². The van der Waals surface area contributed by atoms with Crippen LogP contribution >= 0.6 is 12.2 Å². The first kappa shape index (κ1) is 13.8. The molecule has 6 heteroatoms. The molecule has 0 saturated carbocycles. The second-order valence-corrected chi connectivity index (χ2v) is 4.43. The number of hydrogen-bond acceptors (Lipinski definition) is 4. The summed E-state index contributed by atoms with van der Waals surface area (Å²) in [5.74, 6) is 0.828. The average molecular weight is 279 g/mol. The summed E-state index contributed by atoms with van der Waals surface area (Å²) in [6.07, 6.45) is 1.73. The van der Waals surface area contributed by atoms with E-state index in [1.165, 1.54) is 0 Å². The van der Waals surface area contributed by atoms with Crippen LogP contribution in [0, 0.1) is 0 Å². The molecule has 1 aliphatic rings. The van der Waals surface area contributed by atoms with Gasteiger partial charge in [-0.1, -0.05) is 0 Å². The lowest BCUT2D eigenvalue weighted by Gasteiger charge is -2.28. The highest BCUT2D eigenvalue weighted by molar-refractivity contribution is 7.80. The van der Waals surface area contributed by atoms with Crippen molar-refractivity contribution in [2.24, 2.45) is 5.10 Å². The van der Waals surface area contributed by atoms with Gasteiger partial charge in [-0.2, -0.15) is 5.10 Å². The molecule has 0 bridgehead atoms. The van der Waals surface area contributed by atoms with Gasteiger partial charge in [0.2, 0.25) is 0 Å². The number of rotatable bonds is 3. The Kier molecular flexibility index (Phi) is 5.11. The Balaban J connectivity index is 1.83. The predicted molar refractivity (Wildman–Crippen MR) is 78.7 cm³/mol. The van der Waals surface area contributed by atoms with Gasteiger partial charge in [-0.3, -0.25) is 5.43 Å². The van der Waals surface area contributed by atoms with Crippen LogP contribution in [0.3, 0.4) is 0 Å². The Bertz CT molecular complexity index is 442. The monoisotopic (exact) mass is 279 g/mol. The molecule has 1 heterocycles. The molecule has 1 fully saturated rings. The van der Waals surface area contributed by atoms with Crippen LogP contribution in [-0.4, -0.2) is 49.6 Å². The summed E-state index contributed by atoms with van der Waals surface area (Å²) in [5.41, 5.74) is 3.85. The zero-order chi connectivity index (χ0) is 13.5. The second kappa shape index (κ2) is 7.06. The molecule has 1 aromatic carbocycles. The van der Waals surface area contributed by atoms with E-state index in [0.717, 1.165) is 24.4 Å². The van der Waals surface area contributed by atoms with Gasteiger partial charge in [0.05, 0.1) is 26.5 Å². The van der Waals surface area contributed by atoms with Crippen molar-refractivity contribution in [1.29, 1.82) is 0 Å². The second-order valence-electron chi connectivity index (χ2n) is 4.05. The molecule has 0 radical (unpaired) electrons. The van der Waals surface area contributed by atoms with Gasteiger partial charge in [0.25, 0.3) is 0 Å². The number of nitrogens with one attached hydrogen (secondary N) is 1. The normalized spacial score (nSPS) is 15.5. The number of benzene rings is 1. The summed E-state index contributed by atoms with van der Waals surface area (Å²) in [6, 6.07) is 7.65. The standard InChI is InChI=1S/C13H17N3O2S/c1-17-12-4-2-11(3-5-12)10-14-15-13(19)16-6-8-18-9-7-16/h2-5,10H,6-9H2,1H3,(H,15,19)/b14-10-. The van der Waals surface area contributed by atoms with Crippen LogP contribution in [-0.2, 0) is 4.74 Å². The van der Waals surface area contributed by atoms with Crippen LogP contribution in [0.4, 0.5) is 0 Å². The van der Waals surface area contributed by atoms with Crippen molar-refractivity contribution in [3.63, 3.8) is 0 Å². The quantitative estimate of drug-likeness (QED) is 0.512. The molecular formula is C13H17N3O2S. The summed E-state index contributed by atoms with van der Waals surface area (Å²) < 4.78 is 10.4. The fourth-order valence-corrected chi connectivity index (χ4v) is 1.92. The Morgan fingerprint density at radius 2 is 2.05 bits per heavy atom. The van der Waals surface area contributed by atoms with Gasteiger partial charge in [0.1, 0.15) is 5.75 Å². The lowest BCUT2D eigenvalue weighted by Crippen LogP contribution is -2.44. The molecule has 0 atom stereocenters. The van der Waals surface area contributed by atoms with Gasteiger partial charge in [0, 0.05) is 13.1 Å². The van der Waals surface area contributed by atoms with E-state index in [2.05, 4.69) is 10.5 Å². The third kappa shape index (κ3) is 4.18. The fourth-order valence-electron chi connectivity index (χ4n) is 1.69. The van der Waals surface area contributed by atoms with E-state index in [0.29, 0.717) is 18.3 Å². The van der Waals surface area contributed by atoms with E-state index in [9.17, 15) is 0 Å². The van der Waals surface area contributed by atoms with Crippen LogP contribution < -0.4 is 10.2 Å². The molecule has 0 unspecified atom stereocenters. The topological polar surface area (TPSA) is 46.1 Å². The van der Waals surface area contributed by atoms with Crippen molar-refractivity contribution in [3.05, 3.63) is 29.8 Å². The maximum Gasteiger partial charge on any atom is 0.189 e. The maximum atomic E-state index is 5.27. The first-order valence-electron chi connectivity index (χ1n) is 6.09. The Morgan fingerprint density at radius 3 is 2.68 bits per heavy atom. The van der Waals surface area contributed by atoms with Crippen LogP contribution in [0.5, 0.6) is 5.75 Å². The highest BCUT2D eigenvalue weighted by Crippen LogP contribution is 2.09. The van der Waals surface area contributed by atoms with Gasteiger partial charge in [-0.25, -0.2) is 0 Å². The summed E-state index contributed by atoms with van der Waals surface area (Å²) in [4.78, 5) is 2.05. The van der Waals surface area contributed by atoms with Crippen molar-refractivity contribution in [2.45, 2.75) is 0 Å². The van der Waals surface area contributed by atoms with Crippen molar-refractivity contribution >= 4 is 23.5 Å². The Hall–Kier alpha value is -1.66. The minimum atomic E-state index is 0.632. The van der Waals surface area contributed by atoms with Gasteiger partial charge in [0.15, 0.2) is 5.11 Å². The Labute approximate surface area is 118 Å². The Morgan fingerprint density at radius 1 is 1.37 bits per heavy atom. The van der Waals surface area contributed by atoms with Gasteiger partial charge in [-0.15, -0.1) is 0 Å². The molecule has 1 aliphatic heterocycles. The van der Waals surface area contributed by atoms with Crippen LogP contribution in [0.25, 0.3) is 0 Å². The molecule has 0 amide bonds. The largest absolute Gasteiger partial charge is 0.497 e. The molecule has 0 spiro atoms. The summed E-state index contributed by atoms with van der Waals surface area (Å²) >= 11 is 5.25. The lowest BCUT2D eigenvalue weighted by molar-refractivity contribution is 0.0677. The minimum absolute atomic E-state index is 0.632. The molecule has 1 saturated heterocycles. The number of thiocarbonyl (C=S) groups is 1. The van der Waals surface area contributed by atoms with Crippen molar-refractivity contribution < 1.29 is 9.47 Å². The van der Waals surface area contributed by atoms with Crippen LogP contribution in [0.15, 0.2) is 29.4 Å². The summed E-state index contributed by atoms with van der Waals surface area (Å²) in [6.45, 7) is 3.04. The molecule has 0 aromatic heterocycles. The minimum Gasteiger partial charge on any atom is -0.497 e. The number of hydrogen-bond donors (Lipinski definition) is 1. The average Bonchev–Trinajstić information content (AvgIpc) is 2.49. The molecule has 5 nitrogen and oxygen atoms in total. The van der Waals surface area contributed by atoms with Crippen molar-refractivity contribution in [2.75, 3.05) is 33.4 Å². The number of morpholine rings is 1. The lowest BCUT2D eigenvalue weighted by atomic mass is 10.2. The number of methoxy groups -OCH3 is 1. The molecule has 1 aromatic rings. The first-order valence-corrected chi connectivity index (χ1v) is 6.50. The van der Waals surface area contributed by atoms with E-state index < -0.39 is 0 Å². The molecule has 1 N–H and O–H groups in total. The third-order valence-electron chi connectivity index (χ3n) is 2.79. The van der Waals surface area contributed by atoms with Gasteiger partial charge in [-0.05, 0) is 42.0 Å². The zero-order valence-electron chi connectivity index (χ0n) is 10.8. The van der Waals surface area contributed by atoms with Crippen LogP contribution in [0.2, 0.25) is 0 Å². The SMILES string of the molecule is COc1ccc(/C=N\NC(=S)N2CCOCC2)cc1. The number of nitrogens with zero attached hydrogens (tertiary/aromatic N) is 2. The van der Waals surface area contributed by atoms with Crippen LogP contribution in [0.1, 0.15) is 5.56 Å². The summed E-state index contributed by atoms with van der Waals surface area (Å²) in [5, 5.41) is 4.77. The van der Waals surface area contributed by atoms with E-state index in [1.54, 1.807) is 13.3 Å². The van der Waals surface area contributed by atoms with E-state index >= 15 is 0 Å². The molecule has 102 valence electrons. The highest BCUT2D eigenvalue weighted by atomic mass is 32.1. The van der Waals surface area contributed by atoms with E-state index in [1.807, 2.05) is 29.2 Å². The van der Waals surface area contributed by atoms with E-state index in [-0.39, 0.29) is 0 Å². The number of hydrazone groups is 1. The fraction of sp³-hybridized carbons (Fsp3) is 0.385. The van der Waals surface area contributed by atoms with E-state index in [4.69, 9.17) is 21.7 Å². The smallest absolute Gasteiger partial charge is 0.189 e. The van der Waals surface area contributed by atoms with Gasteiger partial charge < -0.3 is 14.4 Å². The molecule has 0 aliphatic carbocycles. The molecule has 2 rings (SSSR count). The first-order chi connectivity index (χ1) is 9.29. The third-order valence-corrected chi connectivity index (χ3v) is 3.14. The molecule has 19 heavy (non-hydrogen) atoms. The predicted octanol–water partition coefficient (Wildman–Crippen LogP) is 1.24. The zero-order valence-corrected chi connectivity index (χ0v) is 11.7. The highest BCUT2D eigenvalue weighted by Gasteiger charge is 2.12.